The van der Waals surface area contributed by atoms with E-state index in [1.807, 2.05) is 0 Å². The van der Waals surface area contributed by atoms with Crippen molar-refractivity contribution >= 4 is 16.2 Å². The Morgan fingerprint density at radius 3 is 2.33 bits per heavy atom. The fraction of sp³-hybridized carbons (Fsp3) is 0.909. The van der Waals surface area contributed by atoms with Gasteiger partial charge in [-0.15, -0.1) is 0 Å². The predicted octanol–water partition coefficient (Wildman–Crippen LogP) is 0.491. The Morgan fingerprint density at radius 2 is 1.89 bits per heavy atom. The maximum Gasteiger partial charge on any atom is 0.308 e. The summed E-state index contributed by atoms with van der Waals surface area (Å²) in [7, 11) is -2.12. The van der Waals surface area contributed by atoms with E-state index in [2.05, 4.69) is 0 Å². The smallest absolute Gasteiger partial charge is 0.308 e. The summed E-state index contributed by atoms with van der Waals surface area (Å²) in [6.07, 6.45) is 3.20. The molecule has 6 nitrogen and oxygen atoms in total. The van der Waals surface area contributed by atoms with E-state index in [0.29, 0.717) is 13.2 Å². The Morgan fingerprint density at radius 1 is 1.33 bits per heavy atom. The lowest BCUT2D eigenvalue weighted by Gasteiger charge is -2.29. The van der Waals surface area contributed by atoms with Crippen molar-refractivity contribution in [3.8, 4) is 0 Å². The number of carbonyl (C=O) groups is 1. The molecule has 18 heavy (non-hydrogen) atoms. The van der Waals surface area contributed by atoms with Crippen molar-refractivity contribution in [1.82, 2.24) is 4.31 Å². The molecule has 0 bridgehead atoms. The highest BCUT2D eigenvalue weighted by atomic mass is 32.2. The second-order valence-corrected chi connectivity index (χ2v) is 6.45. The summed E-state index contributed by atoms with van der Waals surface area (Å²) < 4.78 is 28.3. The summed E-state index contributed by atoms with van der Waals surface area (Å²) in [6, 6.07) is 0. The third kappa shape index (κ3) is 4.55. The molecular formula is C11H22N2O4S. The number of esters is 1. The van der Waals surface area contributed by atoms with Crippen LogP contribution in [0.1, 0.15) is 32.6 Å². The van der Waals surface area contributed by atoms with Crippen LogP contribution in [0.2, 0.25) is 0 Å². The van der Waals surface area contributed by atoms with Gasteiger partial charge in [-0.05, 0) is 38.5 Å². The Balaban J connectivity index is 2.38. The van der Waals surface area contributed by atoms with Crippen LogP contribution in [0.25, 0.3) is 0 Å². The van der Waals surface area contributed by atoms with Gasteiger partial charge in [-0.25, -0.2) is 5.14 Å². The second kappa shape index (κ2) is 6.49. The quantitative estimate of drug-likeness (QED) is 0.741. The molecule has 0 amide bonds. The lowest BCUT2D eigenvalue weighted by atomic mass is 9.82. The van der Waals surface area contributed by atoms with Crippen LogP contribution in [-0.4, -0.2) is 38.9 Å². The van der Waals surface area contributed by atoms with E-state index in [4.69, 9.17) is 9.88 Å². The first-order valence-electron chi connectivity index (χ1n) is 6.25. The third-order valence-corrected chi connectivity index (χ3v) is 4.43. The summed E-state index contributed by atoms with van der Waals surface area (Å²) in [5.41, 5.74) is 0. The fourth-order valence-corrected chi connectivity index (χ4v) is 2.73. The van der Waals surface area contributed by atoms with Gasteiger partial charge in [0.15, 0.2) is 0 Å². The maximum atomic E-state index is 11.5. The minimum atomic E-state index is -3.60. The van der Waals surface area contributed by atoms with Crippen molar-refractivity contribution in [3.05, 3.63) is 0 Å². The Kier molecular flexibility index (Phi) is 5.55. The molecule has 0 aromatic rings. The lowest BCUT2D eigenvalue weighted by molar-refractivity contribution is -0.149. The van der Waals surface area contributed by atoms with Crippen LogP contribution < -0.4 is 5.14 Å². The molecule has 106 valence electrons. The minimum Gasteiger partial charge on any atom is -0.466 e. The molecule has 7 heteroatoms. The van der Waals surface area contributed by atoms with Gasteiger partial charge in [0.25, 0.3) is 10.2 Å². The van der Waals surface area contributed by atoms with Crippen LogP contribution in [0.15, 0.2) is 0 Å². The van der Waals surface area contributed by atoms with Gasteiger partial charge >= 0.3 is 5.97 Å². The number of hydrogen-bond donors (Lipinski definition) is 1. The number of hydrogen-bond acceptors (Lipinski definition) is 4. The summed E-state index contributed by atoms with van der Waals surface area (Å²) in [5.74, 6) is 0.121. The zero-order chi connectivity index (χ0) is 13.8. The first-order chi connectivity index (χ1) is 8.34. The molecule has 0 aromatic heterocycles. The Labute approximate surface area is 109 Å². The fourth-order valence-electron chi connectivity index (χ4n) is 2.31. The SMILES string of the molecule is CCOC(=O)C1CCC(CN(C)S(N)(=O)=O)CC1. The van der Waals surface area contributed by atoms with E-state index in [0.717, 1.165) is 25.7 Å². The van der Waals surface area contributed by atoms with E-state index in [-0.39, 0.29) is 17.8 Å². The standard InChI is InChI=1S/C11H22N2O4S/c1-3-17-11(14)10-6-4-9(5-7-10)8-13(2)18(12,15)16/h9-10H,3-8H2,1-2H3,(H2,12,15,16). The summed E-state index contributed by atoms with van der Waals surface area (Å²) in [5, 5.41) is 5.04. The number of nitrogens with zero attached hydrogens (tertiary/aromatic N) is 1. The number of carbonyl (C=O) groups excluding carboxylic acids is 1. The zero-order valence-corrected chi connectivity index (χ0v) is 11.8. The van der Waals surface area contributed by atoms with E-state index in [1.54, 1.807) is 6.92 Å². The van der Waals surface area contributed by atoms with Crippen molar-refractivity contribution in [3.63, 3.8) is 0 Å². The molecule has 1 aliphatic rings. The number of nitrogens with two attached hydrogens (primary N) is 1. The zero-order valence-electron chi connectivity index (χ0n) is 11.0. The molecule has 0 saturated heterocycles. The van der Waals surface area contributed by atoms with Crippen molar-refractivity contribution in [1.29, 1.82) is 0 Å². The van der Waals surface area contributed by atoms with Crippen LogP contribution in [0.5, 0.6) is 0 Å². The molecule has 2 N–H and O–H groups in total. The van der Waals surface area contributed by atoms with Gasteiger partial charge in [0.05, 0.1) is 12.5 Å². The van der Waals surface area contributed by atoms with E-state index < -0.39 is 10.2 Å². The van der Waals surface area contributed by atoms with Crippen LogP contribution in [-0.2, 0) is 19.7 Å². The highest BCUT2D eigenvalue weighted by Crippen LogP contribution is 2.30. The van der Waals surface area contributed by atoms with Gasteiger partial charge in [0.1, 0.15) is 0 Å². The van der Waals surface area contributed by atoms with Gasteiger partial charge in [-0.3, -0.25) is 4.79 Å². The topological polar surface area (TPSA) is 89.7 Å². The van der Waals surface area contributed by atoms with Gasteiger partial charge in [0, 0.05) is 13.6 Å². The third-order valence-electron chi connectivity index (χ3n) is 3.42. The van der Waals surface area contributed by atoms with Crippen molar-refractivity contribution < 1.29 is 17.9 Å². The van der Waals surface area contributed by atoms with Gasteiger partial charge in [-0.1, -0.05) is 0 Å². The minimum absolute atomic E-state index is 0.0269. The molecule has 1 saturated carbocycles. The molecule has 0 unspecified atom stereocenters. The summed E-state index contributed by atoms with van der Waals surface area (Å²) in [6.45, 7) is 2.63. The first-order valence-corrected chi connectivity index (χ1v) is 7.75. The maximum absolute atomic E-state index is 11.5. The first kappa shape index (κ1) is 15.4. The number of ether oxygens (including phenoxy) is 1. The normalized spacial score (nSPS) is 25.1. The molecule has 0 spiro atoms. The van der Waals surface area contributed by atoms with E-state index in [1.165, 1.54) is 11.4 Å². The van der Waals surface area contributed by atoms with Gasteiger partial charge in [-0.2, -0.15) is 12.7 Å². The molecule has 0 aliphatic heterocycles. The molecule has 0 heterocycles. The van der Waals surface area contributed by atoms with Crippen molar-refractivity contribution in [2.45, 2.75) is 32.6 Å². The molecule has 0 radical (unpaired) electrons. The Hall–Kier alpha value is -0.660. The molecule has 0 aromatic carbocycles. The molecule has 0 atom stereocenters. The molecule has 1 aliphatic carbocycles. The van der Waals surface area contributed by atoms with Crippen molar-refractivity contribution in [2.75, 3.05) is 20.2 Å². The van der Waals surface area contributed by atoms with E-state index in [9.17, 15) is 13.2 Å². The number of rotatable bonds is 5. The van der Waals surface area contributed by atoms with Crippen molar-refractivity contribution in [2.24, 2.45) is 17.0 Å². The van der Waals surface area contributed by atoms with Crippen LogP contribution in [0.4, 0.5) is 0 Å². The summed E-state index contributed by atoms with van der Waals surface area (Å²) >= 11 is 0. The van der Waals surface area contributed by atoms with E-state index >= 15 is 0 Å². The van der Waals surface area contributed by atoms with Gasteiger partial charge in [0.2, 0.25) is 0 Å². The largest absolute Gasteiger partial charge is 0.466 e. The molecule has 1 rings (SSSR count). The highest BCUT2D eigenvalue weighted by molar-refractivity contribution is 7.86. The van der Waals surface area contributed by atoms with Crippen LogP contribution in [0, 0.1) is 11.8 Å². The lowest BCUT2D eigenvalue weighted by Crippen LogP contribution is -2.38. The summed E-state index contributed by atoms with van der Waals surface area (Å²) in [4.78, 5) is 11.5. The van der Waals surface area contributed by atoms with Crippen LogP contribution >= 0.6 is 0 Å². The predicted molar refractivity (Wildman–Crippen MR) is 67.8 cm³/mol. The highest BCUT2D eigenvalue weighted by Gasteiger charge is 2.28. The average Bonchev–Trinajstić information content (AvgIpc) is 2.29. The van der Waals surface area contributed by atoms with Gasteiger partial charge < -0.3 is 4.74 Å². The monoisotopic (exact) mass is 278 g/mol. The van der Waals surface area contributed by atoms with Crippen LogP contribution in [0.3, 0.4) is 0 Å². The Bertz CT molecular complexity index is 375. The average molecular weight is 278 g/mol. The second-order valence-electron chi connectivity index (χ2n) is 4.80. The molecular weight excluding hydrogens is 256 g/mol. The molecule has 1 fully saturated rings.